The number of halogens is 5. The van der Waals surface area contributed by atoms with E-state index >= 15 is 0 Å². The summed E-state index contributed by atoms with van der Waals surface area (Å²) >= 11 is 0.790. The lowest BCUT2D eigenvalue weighted by atomic mass is 10.2. The summed E-state index contributed by atoms with van der Waals surface area (Å²) in [4.78, 5) is 4.50. The van der Waals surface area contributed by atoms with Crippen molar-refractivity contribution in [2.45, 2.75) is 55.1 Å². The number of ether oxygens (including phenoxy) is 1. The molecule has 1 aliphatic heterocycles. The third kappa shape index (κ3) is 4.85. The van der Waals surface area contributed by atoms with Crippen LogP contribution in [0.1, 0.15) is 32.3 Å². The molecule has 36 heavy (non-hydrogen) atoms. The molecule has 0 aliphatic carbocycles. The summed E-state index contributed by atoms with van der Waals surface area (Å²) in [5.74, 6) is -10.6. The molecular formula is C23H24F5N3O3S2. The molecule has 1 atom stereocenters. The first kappa shape index (κ1) is 26.8. The van der Waals surface area contributed by atoms with Crippen LogP contribution in [0.3, 0.4) is 0 Å². The number of nitrogens with zero attached hydrogens (tertiary/aromatic N) is 3. The molecule has 1 saturated heterocycles. The highest BCUT2D eigenvalue weighted by atomic mass is 32.2. The van der Waals surface area contributed by atoms with Crippen molar-refractivity contribution in [1.29, 1.82) is 0 Å². The van der Waals surface area contributed by atoms with Gasteiger partial charge in [-0.1, -0.05) is 25.6 Å². The van der Waals surface area contributed by atoms with E-state index in [4.69, 9.17) is 4.74 Å². The minimum absolute atomic E-state index is 0.0387. The molecule has 2 heterocycles. The number of rotatable bonds is 9. The van der Waals surface area contributed by atoms with E-state index in [0.717, 1.165) is 24.6 Å². The van der Waals surface area contributed by atoms with Crippen molar-refractivity contribution in [3.8, 4) is 0 Å². The molecule has 4 rings (SSSR count). The quantitative estimate of drug-likeness (QED) is 0.158. The van der Waals surface area contributed by atoms with Crippen LogP contribution in [0.2, 0.25) is 0 Å². The lowest BCUT2D eigenvalue weighted by Gasteiger charge is -2.18. The Morgan fingerprint density at radius 1 is 1.06 bits per heavy atom. The highest BCUT2D eigenvalue weighted by Crippen LogP contribution is 2.33. The summed E-state index contributed by atoms with van der Waals surface area (Å²) in [6, 6.07) is 4.47. The Morgan fingerprint density at radius 3 is 2.28 bits per heavy atom. The number of hydrogen-bond acceptors (Lipinski definition) is 5. The maximum atomic E-state index is 14.2. The number of aromatic nitrogens is 2. The molecule has 3 aromatic rings. The number of sulfonamides is 1. The Morgan fingerprint density at radius 2 is 1.69 bits per heavy atom. The third-order valence-corrected chi connectivity index (χ3v) is 9.13. The SMILES string of the molecule is CCN(CC)S(=O)(=O)c1ccc2c(c1)nc(SCc1c(F)c(F)c(F)c(F)c1F)n2CC1CCCO1. The van der Waals surface area contributed by atoms with Crippen LogP contribution in [0.25, 0.3) is 11.0 Å². The van der Waals surface area contributed by atoms with E-state index in [0.29, 0.717) is 24.2 Å². The molecule has 0 N–H and O–H groups in total. The van der Waals surface area contributed by atoms with Crippen molar-refractivity contribution in [1.82, 2.24) is 13.9 Å². The molecular weight excluding hydrogens is 525 g/mol. The van der Waals surface area contributed by atoms with Gasteiger partial charge in [0, 0.05) is 31.0 Å². The molecule has 0 radical (unpaired) electrons. The zero-order valence-corrected chi connectivity index (χ0v) is 21.2. The number of imidazole rings is 1. The van der Waals surface area contributed by atoms with Crippen molar-refractivity contribution in [2.24, 2.45) is 0 Å². The van der Waals surface area contributed by atoms with Gasteiger partial charge >= 0.3 is 0 Å². The van der Waals surface area contributed by atoms with Crippen molar-refractivity contribution in [2.75, 3.05) is 19.7 Å². The first-order chi connectivity index (χ1) is 17.1. The predicted molar refractivity (Wildman–Crippen MR) is 125 cm³/mol. The van der Waals surface area contributed by atoms with Gasteiger partial charge < -0.3 is 9.30 Å². The standard InChI is InChI=1S/C23H24F5N3O3S2/c1-3-30(4-2)36(32,33)14-7-8-17-16(10-14)29-23(31(17)11-13-6-5-9-34-13)35-12-15-18(24)20(26)22(28)21(27)19(15)25/h7-8,10,13H,3-6,9,11-12H2,1-2H3. The van der Waals surface area contributed by atoms with Crippen LogP contribution in [-0.2, 0) is 27.1 Å². The third-order valence-electron chi connectivity index (χ3n) is 6.08. The average molecular weight is 550 g/mol. The fourth-order valence-corrected chi connectivity index (χ4v) is 6.65. The molecule has 1 aliphatic rings. The Balaban J connectivity index is 1.75. The van der Waals surface area contributed by atoms with Gasteiger partial charge in [0.1, 0.15) is 0 Å². The topological polar surface area (TPSA) is 64.4 Å². The monoisotopic (exact) mass is 549 g/mol. The largest absolute Gasteiger partial charge is 0.376 e. The average Bonchev–Trinajstić information content (AvgIpc) is 3.50. The number of hydrogen-bond donors (Lipinski definition) is 0. The minimum Gasteiger partial charge on any atom is -0.376 e. The summed E-state index contributed by atoms with van der Waals surface area (Å²) in [6.45, 7) is 4.93. The normalized spacial score (nSPS) is 16.5. The van der Waals surface area contributed by atoms with E-state index in [9.17, 15) is 30.4 Å². The molecule has 1 fully saturated rings. The number of thioether (sulfide) groups is 1. The highest BCUT2D eigenvalue weighted by Gasteiger charge is 2.28. The van der Waals surface area contributed by atoms with Crippen molar-refractivity contribution in [3.63, 3.8) is 0 Å². The van der Waals surface area contributed by atoms with E-state index in [1.54, 1.807) is 24.5 Å². The van der Waals surface area contributed by atoms with E-state index in [-0.39, 0.29) is 29.2 Å². The van der Waals surface area contributed by atoms with Crippen LogP contribution in [0.5, 0.6) is 0 Å². The van der Waals surface area contributed by atoms with Gasteiger partial charge in [-0.3, -0.25) is 0 Å². The molecule has 0 amide bonds. The second kappa shape index (κ2) is 10.6. The summed E-state index contributed by atoms with van der Waals surface area (Å²) in [5, 5.41) is 0.238. The van der Waals surface area contributed by atoms with Crippen LogP contribution in [0.4, 0.5) is 22.0 Å². The van der Waals surface area contributed by atoms with Gasteiger partial charge in [-0.25, -0.2) is 35.4 Å². The second-order valence-electron chi connectivity index (χ2n) is 8.22. The summed E-state index contributed by atoms with van der Waals surface area (Å²) in [7, 11) is -3.76. The lowest BCUT2D eigenvalue weighted by Crippen LogP contribution is -2.30. The van der Waals surface area contributed by atoms with Gasteiger partial charge in [0.15, 0.2) is 28.4 Å². The Bertz CT molecular complexity index is 1360. The van der Waals surface area contributed by atoms with Crippen molar-refractivity contribution >= 4 is 32.8 Å². The van der Waals surface area contributed by atoms with Gasteiger partial charge in [0.05, 0.1) is 28.6 Å². The van der Waals surface area contributed by atoms with Crippen LogP contribution < -0.4 is 0 Å². The zero-order valence-electron chi connectivity index (χ0n) is 19.5. The molecule has 0 saturated carbocycles. The molecule has 0 spiro atoms. The minimum atomic E-state index is -3.76. The summed E-state index contributed by atoms with van der Waals surface area (Å²) in [6.07, 6.45) is 1.47. The van der Waals surface area contributed by atoms with Gasteiger partial charge in [0.25, 0.3) is 0 Å². The fraction of sp³-hybridized carbons (Fsp3) is 0.435. The highest BCUT2D eigenvalue weighted by molar-refractivity contribution is 7.98. The fourth-order valence-electron chi connectivity index (χ4n) is 4.15. The predicted octanol–water partition coefficient (Wildman–Crippen LogP) is 5.23. The van der Waals surface area contributed by atoms with Crippen LogP contribution in [-0.4, -0.2) is 48.1 Å². The maximum Gasteiger partial charge on any atom is 0.243 e. The van der Waals surface area contributed by atoms with Crippen molar-refractivity contribution < 1.29 is 35.1 Å². The van der Waals surface area contributed by atoms with Crippen LogP contribution in [0.15, 0.2) is 28.3 Å². The molecule has 2 aromatic carbocycles. The van der Waals surface area contributed by atoms with E-state index < -0.39 is 50.4 Å². The molecule has 1 aromatic heterocycles. The molecule has 1 unspecified atom stereocenters. The second-order valence-corrected chi connectivity index (χ2v) is 11.1. The van der Waals surface area contributed by atoms with E-state index in [2.05, 4.69) is 4.98 Å². The summed E-state index contributed by atoms with van der Waals surface area (Å²) < 4.78 is 104. The first-order valence-electron chi connectivity index (χ1n) is 11.3. The van der Waals surface area contributed by atoms with Crippen LogP contribution in [0, 0.1) is 29.1 Å². The Kier molecular flexibility index (Phi) is 7.93. The molecule has 6 nitrogen and oxygen atoms in total. The first-order valence-corrected chi connectivity index (χ1v) is 13.8. The van der Waals surface area contributed by atoms with Gasteiger partial charge in [-0.15, -0.1) is 0 Å². The van der Waals surface area contributed by atoms with Crippen LogP contribution >= 0.6 is 11.8 Å². The van der Waals surface area contributed by atoms with E-state index in [1.165, 1.54) is 16.4 Å². The Labute approximate surface area is 209 Å². The lowest BCUT2D eigenvalue weighted by molar-refractivity contribution is 0.0960. The Hall–Kier alpha value is -2.22. The van der Waals surface area contributed by atoms with Gasteiger partial charge in [0.2, 0.25) is 15.8 Å². The number of benzene rings is 2. The molecule has 196 valence electrons. The van der Waals surface area contributed by atoms with E-state index in [1.807, 2.05) is 0 Å². The van der Waals surface area contributed by atoms with Gasteiger partial charge in [-0.05, 0) is 31.0 Å². The maximum absolute atomic E-state index is 14.2. The number of fused-ring (bicyclic) bond motifs is 1. The molecule has 13 heteroatoms. The van der Waals surface area contributed by atoms with Gasteiger partial charge in [-0.2, -0.15) is 4.31 Å². The smallest absolute Gasteiger partial charge is 0.243 e. The zero-order chi connectivity index (χ0) is 26.2. The summed E-state index contributed by atoms with van der Waals surface area (Å²) in [5.41, 5.74) is -0.0815. The molecule has 0 bridgehead atoms. The van der Waals surface area contributed by atoms with Crippen molar-refractivity contribution in [3.05, 3.63) is 52.8 Å².